The van der Waals surface area contributed by atoms with Crippen molar-refractivity contribution in [3.63, 3.8) is 0 Å². The zero-order valence-electron chi connectivity index (χ0n) is 18.4. The second-order valence-electron chi connectivity index (χ2n) is 7.04. The molecule has 0 aromatic heterocycles. The molecule has 0 unspecified atom stereocenters. The predicted octanol–water partition coefficient (Wildman–Crippen LogP) is 5.42. The maximum Gasteiger partial charge on any atom is 0.363 e. The lowest BCUT2D eigenvalue weighted by Crippen LogP contribution is -2.11. The third kappa shape index (κ3) is 5.02. The number of aliphatic imine (C=N–C) groups is 1. The van der Waals surface area contributed by atoms with E-state index in [1.807, 2.05) is 25.1 Å². The van der Waals surface area contributed by atoms with Crippen LogP contribution in [-0.4, -0.2) is 31.6 Å². The van der Waals surface area contributed by atoms with Gasteiger partial charge < -0.3 is 18.9 Å². The summed E-state index contributed by atoms with van der Waals surface area (Å²) in [6.07, 6.45) is 1.58. The normalized spacial score (nSPS) is 13.9. The number of esters is 2. The van der Waals surface area contributed by atoms with Gasteiger partial charge in [0, 0.05) is 4.47 Å². The summed E-state index contributed by atoms with van der Waals surface area (Å²) >= 11 is 3.44. The average molecular weight is 522 g/mol. The van der Waals surface area contributed by atoms with E-state index < -0.39 is 11.9 Å². The van der Waals surface area contributed by atoms with E-state index in [0.29, 0.717) is 34.8 Å². The lowest BCUT2D eigenvalue weighted by molar-refractivity contribution is -0.129. The number of benzene rings is 3. The Labute approximate surface area is 204 Å². The third-order valence-corrected chi connectivity index (χ3v) is 5.52. The summed E-state index contributed by atoms with van der Waals surface area (Å²) in [7, 11) is 1.48. The number of methoxy groups -OCH3 is 1. The predicted molar refractivity (Wildman–Crippen MR) is 130 cm³/mol. The molecule has 4 rings (SSSR count). The molecule has 34 heavy (non-hydrogen) atoms. The van der Waals surface area contributed by atoms with Crippen LogP contribution in [0.3, 0.4) is 0 Å². The van der Waals surface area contributed by atoms with Gasteiger partial charge in [0.15, 0.2) is 17.2 Å². The Bertz CT molecular complexity index is 1310. The van der Waals surface area contributed by atoms with E-state index in [1.165, 1.54) is 7.11 Å². The Morgan fingerprint density at radius 3 is 2.56 bits per heavy atom. The molecule has 0 radical (unpaired) electrons. The molecule has 0 bridgehead atoms. The van der Waals surface area contributed by atoms with Gasteiger partial charge in [-0.25, -0.2) is 14.6 Å². The Balaban J connectivity index is 1.61. The molecule has 0 N–H and O–H groups in total. The number of hydrogen-bond donors (Lipinski definition) is 0. The zero-order chi connectivity index (χ0) is 24.1. The molecule has 0 aliphatic carbocycles. The van der Waals surface area contributed by atoms with Crippen LogP contribution in [0.25, 0.3) is 6.08 Å². The van der Waals surface area contributed by atoms with Crippen LogP contribution in [0.5, 0.6) is 17.2 Å². The van der Waals surface area contributed by atoms with Gasteiger partial charge in [0.25, 0.3) is 0 Å². The van der Waals surface area contributed by atoms with Gasteiger partial charge in [-0.15, -0.1) is 0 Å². The largest absolute Gasteiger partial charge is 0.496 e. The molecule has 1 heterocycles. The van der Waals surface area contributed by atoms with E-state index in [2.05, 4.69) is 20.9 Å². The molecule has 3 aromatic carbocycles. The number of hydrogen-bond acceptors (Lipinski definition) is 7. The van der Waals surface area contributed by atoms with Crippen LogP contribution in [-0.2, 0) is 9.53 Å². The van der Waals surface area contributed by atoms with Gasteiger partial charge in [0.05, 0.1) is 19.3 Å². The number of cyclic esters (lactones) is 1. The monoisotopic (exact) mass is 521 g/mol. The van der Waals surface area contributed by atoms with Crippen molar-refractivity contribution in [2.45, 2.75) is 6.92 Å². The molecule has 0 atom stereocenters. The fourth-order valence-electron chi connectivity index (χ4n) is 3.25. The fourth-order valence-corrected chi connectivity index (χ4v) is 3.71. The van der Waals surface area contributed by atoms with Crippen molar-refractivity contribution in [2.75, 3.05) is 13.7 Å². The van der Waals surface area contributed by atoms with Gasteiger partial charge in [0.2, 0.25) is 5.90 Å². The van der Waals surface area contributed by atoms with Crippen LogP contribution in [0.2, 0.25) is 0 Å². The molecule has 8 heteroatoms. The van der Waals surface area contributed by atoms with Crippen molar-refractivity contribution >= 4 is 39.8 Å². The van der Waals surface area contributed by atoms with Crippen molar-refractivity contribution in [1.82, 2.24) is 0 Å². The minimum absolute atomic E-state index is 0.145. The summed E-state index contributed by atoms with van der Waals surface area (Å²) in [5.74, 6) is 0.0797. The Kier molecular flexibility index (Phi) is 7.08. The van der Waals surface area contributed by atoms with Crippen molar-refractivity contribution in [3.05, 3.63) is 93.6 Å². The first-order valence-electron chi connectivity index (χ1n) is 10.4. The lowest BCUT2D eigenvalue weighted by Gasteiger charge is -2.12. The molecule has 0 spiro atoms. The van der Waals surface area contributed by atoms with Gasteiger partial charge in [-0.3, -0.25) is 0 Å². The number of carbonyl (C=O) groups is 2. The van der Waals surface area contributed by atoms with Crippen LogP contribution in [0.1, 0.15) is 28.4 Å². The van der Waals surface area contributed by atoms with E-state index in [9.17, 15) is 9.59 Å². The number of halogens is 1. The highest BCUT2D eigenvalue weighted by atomic mass is 79.9. The summed E-state index contributed by atoms with van der Waals surface area (Å²) in [6.45, 7) is 2.17. The summed E-state index contributed by atoms with van der Waals surface area (Å²) in [5, 5.41) is 0. The molecule has 3 aromatic rings. The van der Waals surface area contributed by atoms with Crippen LogP contribution >= 0.6 is 15.9 Å². The molecular formula is C26H20BrNO6. The van der Waals surface area contributed by atoms with Crippen LogP contribution < -0.4 is 14.2 Å². The average Bonchev–Trinajstić information content (AvgIpc) is 3.20. The lowest BCUT2D eigenvalue weighted by atomic mass is 10.1. The first-order valence-corrected chi connectivity index (χ1v) is 11.2. The van der Waals surface area contributed by atoms with Crippen molar-refractivity contribution < 1.29 is 28.5 Å². The van der Waals surface area contributed by atoms with Crippen LogP contribution in [0.15, 0.2) is 81.9 Å². The van der Waals surface area contributed by atoms with E-state index in [0.717, 1.165) is 4.47 Å². The topological polar surface area (TPSA) is 83.4 Å². The molecule has 7 nitrogen and oxygen atoms in total. The minimum Gasteiger partial charge on any atom is -0.496 e. The first kappa shape index (κ1) is 23.3. The van der Waals surface area contributed by atoms with E-state index in [-0.39, 0.29) is 17.3 Å². The van der Waals surface area contributed by atoms with Crippen LogP contribution in [0, 0.1) is 0 Å². The quantitative estimate of drug-likeness (QED) is 0.234. The third-order valence-electron chi connectivity index (χ3n) is 4.83. The number of para-hydroxylation sites is 1. The first-order chi connectivity index (χ1) is 16.5. The van der Waals surface area contributed by atoms with Gasteiger partial charge in [0.1, 0.15) is 11.3 Å². The van der Waals surface area contributed by atoms with Crippen molar-refractivity contribution in [3.8, 4) is 17.2 Å². The van der Waals surface area contributed by atoms with Gasteiger partial charge in [-0.1, -0.05) is 30.3 Å². The standard InChI is InChI=1S/C26H20BrNO6/c1-3-32-23-15-16(12-13-22(23)33-25(29)18-9-5-7-11-21(18)31-2)14-20-26(30)34-24(28-20)17-8-4-6-10-19(17)27/h4-15H,3H2,1-2H3. The Hall–Kier alpha value is -3.91. The SMILES string of the molecule is CCOc1cc(C=C2N=C(c3ccccc3Br)OC2=O)ccc1OC(=O)c1ccccc1OC. The molecule has 0 saturated carbocycles. The van der Waals surface area contributed by atoms with E-state index in [1.54, 1.807) is 54.6 Å². The Morgan fingerprint density at radius 1 is 1.03 bits per heavy atom. The van der Waals surface area contributed by atoms with Crippen LogP contribution in [0.4, 0.5) is 0 Å². The molecule has 1 aliphatic rings. The smallest absolute Gasteiger partial charge is 0.363 e. The van der Waals surface area contributed by atoms with Crippen molar-refractivity contribution in [1.29, 1.82) is 0 Å². The Morgan fingerprint density at radius 2 is 1.79 bits per heavy atom. The highest BCUT2D eigenvalue weighted by Crippen LogP contribution is 2.32. The molecule has 172 valence electrons. The summed E-state index contributed by atoms with van der Waals surface area (Å²) in [5.41, 5.74) is 1.74. The number of ether oxygens (including phenoxy) is 4. The highest BCUT2D eigenvalue weighted by Gasteiger charge is 2.25. The molecule has 0 amide bonds. The fraction of sp³-hybridized carbons (Fsp3) is 0.115. The minimum atomic E-state index is -0.577. The number of carbonyl (C=O) groups excluding carboxylic acids is 2. The number of rotatable bonds is 7. The zero-order valence-corrected chi connectivity index (χ0v) is 20.0. The highest BCUT2D eigenvalue weighted by molar-refractivity contribution is 9.10. The van der Waals surface area contributed by atoms with E-state index >= 15 is 0 Å². The maximum atomic E-state index is 12.7. The van der Waals surface area contributed by atoms with E-state index in [4.69, 9.17) is 18.9 Å². The molecule has 1 aliphatic heterocycles. The molecule has 0 saturated heterocycles. The summed E-state index contributed by atoms with van der Waals surface area (Å²) in [6, 6.07) is 19.1. The summed E-state index contributed by atoms with van der Waals surface area (Å²) in [4.78, 5) is 29.4. The number of nitrogens with zero attached hydrogens (tertiary/aromatic N) is 1. The van der Waals surface area contributed by atoms with Gasteiger partial charge in [-0.2, -0.15) is 0 Å². The van der Waals surface area contributed by atoms with Gasteiger partial charge in [-0.05, 0) is 70.9 Å². The second kappa shape index (κ2) is 10.4. The van der Waals surface area contributed by atoms with Gasteiger partial charge >= 0.3 is 11.9 Å². The van der Waals surface area contributed by atoms with Crippen molar-refractivity contribution in [2.24, 2.45) is 4.99 Å². The molecule has 0 fully saturated rings. The second-order valence-corrected chi connectivity index (χ2v) is 7.90. The molecular weight excluding hydrogens is 502 g/mol. The maximum absolute atomic E-state index is 12.7. The summed E-state index contributed by atoms with van der Waals surface area (Å²) < 4.78 is 22.6.